The number of hydrogen-bond donors (Lipinski definition) is 2. The van der Waals surface area contributed by atoms with Gasteiger partial charge in [-0.3, -0.25) is 4.99 Å². The summed E-state index contributed by atoms with van der Waals surface area (Å²) in [5, 5.41) is 6.76. The smallest absolute Gasteiger partial charge is 0.191 e. The van der Waals surface area contributed by atoms with Crippen LogP contribution in [0.15, 0.2) is 23.2 Å². The first kappa shape index (κ1) is 21.9. The van der Waals surface area contributed by atoms with Crippen molar-refractivity contribution in [3.05, 3.63) is 23.9 Å². The number of aliphatic imine (C=N–C) groups is 1. The highest BCUT2D eigenvalue weighted by molar-refractivity contribution is 14.0. The highest BCUT2D eigenvalue weighted by Gasteiger charge is 2.07. The van der Waals surface area contributed by atoms with E-state index in [0.717, 1.165) is 29.8 Å². The first-order chi connectivity index (χ1) is 10.4. The maximum absolute atomic E-state index is 4.60. The van der Waals surface area contributed by atoms with E-state index >= 15 is 0 Å². The van der Waals surface area contributed by atoms with Gasteiger partial charge in [-0.2, -0.15) is 0 Å². The molecule has 0 bridgehead atoms. The Balaban J connectivity index is 0.00000484. The minimum atomic E-state index is 0. The topological polar surface area (TPSA) is 52.6 Å². The normalized spacial score (nSPS) is 12.6. The molecule has 0 amide bonds. The van der Waals surface area contributed by atoms with Gasteiger partial charge in [-0.25, -0.2) is 4.98 Å². The van der Waals surface area contributed by atoms with E-state index in [9.17, 15) is 0 Å². The molecule has 0 spiro atoms. The first-order valence-corrected chi connectivity index (χ1v) is 8.02. The van der Waals surface area contributed by atoms with Gasteiger partial charge in [-0.05, 0) is 37.8 Å². The van der Waals surface area contributed by atoms with E-state index in [-0.39, 0.29) is 24.0 Å². The molecule has 0 aromatic carbocycles. The fraction of sp³-hybridized carbons (Fsp3) is 0.647. The molecule has 1 heterocycles. The third kappa shape index (κ3) is 8.98. The summed E-state index contributed by atoms with van der Waals surface area (Å²) in [6.07, 6.45) is 2.37. The van der Waals surface area contributed by atoms with Crippen molar-refractivity contribution >= 4 is 35.8 Å². The van der Waals surface area contributed by atoms with Gasteiger partial charge in [0, 0.05) is 27.2 Å². The number of nitrogens with one attached hydrogen (secondary N) is 2. The van der Waals surface area contributed by atoms with Crippen molar-refractivity contribution in [2.45, 2.75) is 46.2 Å². The van der Waals surface area contributed by atoms with E-state index in [1.54, 1.807) is 7.05 Å². The molecule has 0 radical (unpaired) electrons. The zero-order chi connectivity index (χ0) is 16.5. The predicted molar refractivity (Wildman–Crippen MR) is 111 cm³/mol. The molecule has 0 saturated carbocycles. The van der Waals surface area contributed by atoms with E-state index in [2.05, 4.69) is 41.4 Å². The van der Waals surface area contributed by atoms with Crippen LogP contribution in [-0.4, -0.2) is 38.1 Å². The summed E-state index contributed by atoms with van der Waals surface area (Å²) in [7, 11) is 5.79. The molecule has 132 valence electrons. The Hall–Kier alpha value is -1.05. The molecular weight excluding hydrogens is 401 g/mol. The Labute approximate surface area is 158 Å². The standard InChI is InChI=1S/C17H31N5.HI/c1-13(2)10-11-14(3)20-17(18-4)19-12-15-8-7-9-16(21-15)22(5)6;/h7-9,13-14H,10-12H2,1-6H3,(H2,18,19,20);1H. The zero-order valence-corrected chi connectivity index (χ0v) is 17.6. The summed E-state index contributed by atoms with van der Waals surface area (Å²) >= 11 is 0. The van der Waals surface area contributed by atoms with Gasteiger partial charge < -0.3 is 15.5 Å². The number of pyridine rings is 1. The third-order valence-corrected chi connectivity index (χ3v) is 3.47. The highest BCUT2D eigenvalue weighted by Crippen LogP contribution is 2.08. The van der Waals surface area contributed by atoms with Crippen molar-refractivity contribution in [2.75, 3.05) is 26.0 Å². The van der Waals surface area contributed by atoms with Crippen molar-refractivity contribution in [1.29, 1.82) is 0 Å². The Bertz CT molecular complexity index is 474. The fourth-order valence-corrected chi connectivity index (χ4v) is 2.07. The van der Waals surface area contributed by atoms with Gasteiger partial charge in [0.1, 0.15) is 5.82 Å². The molecule has 0 saturated heterocycles. The van der Waals surface area contributed by atoms with Gasteiger partial charge in [-0.1, -0.05) is 19.9 Å². The molecule has 1 atom stereocenters. The van der Waals surface area contributed by atoms with E-state index in [0.29, 0.717) is 12.6 Å². The van der Waals surface area contributed by atoms with E-state index in [1.165, 1.54) is 6.42 Å². The predicted octanol–water partition coefficient (Wildman–Crippen LogP) is 3.26. The summed E-state index contributed by atoms with van der Waals surface area (Å²) in [4.78, 5) is 10.9. The molecule has 5 nitrogen and oxygen atoms in total. The molecule has 23 heavy (non-hydrogen) atoms. The quantitative estimate of drug-likeness (QED) is 0.394. The molecule has 6 heteroatoms. The SMILES string of the molecule is CN=C(NCc1cccc(N(C)C)n1)NC(C)CCC(C)C.I. The largest absolute Gasteiger partial charge is 0.363 e. The van der Waals surface area contributed by atoms with E-state index < -0.39 is 0 Å². The van der Waals surface area contributed by atoms with Crippen LogP contribution < -0.4 is 15.5 Å². The lowest BCUT2D eigenvalue weighted by Gasteiger charge is -2.19. The van der Waals surface area contributed by atoms with Gasteiger partial charge in [0.25, 0.3) is 0 Å². The molecule has 0 fully saturated rings. The van der Waals surface area contributed by atoms with Crippen LogP contribution >= 0.6 is 24.0 Å². The van der Waals surface area contributed by atoms with Crippen molar-refractivity contribution in [2.24, 2.45) is 10.9 Å². The maximum atomic E-state index is 4.60. The number of anilines is 1. The Morgan fingerprint density at radius 2 is 1.91 bits per heavy atom. The van der Waals surface area contributed by atoms with Gasteiger partial charge in [0.2, 0.25) is 0 Å². The third-order valence-electron chi connectivity index (χ3n) is 3.47. The fourth-order valence-electron chi connectivity index (χ4n) is 2.07. The lowest BCUT2D eigenvalue weighted by molar-refractivity contribution is 0.489. The van der Waals surface area contributed by atoms with Crippen LogP contribution in [0.1, 0.15) is 39.3 Å². The molecule has 1 aromatic rings. The minimum absolute atomic E-state index is 0. The van der Waals surface area contributed by atoms with Crippen LogP contribution in [0.4, 0.5) is 5.82 Å². The number of nitrogens with zero attached hydrogens (tertiary/aromatic N) is 3. The second-order valence-corrected chi connectivity index (χ2v) is 6.32. The number of rotatable bonds is 7. The molecule has 1 unspecified atom stereocenters. The van der Waals surface area contributed by atoms with Crippen LogP contribution in [0.5, 0.6) is 0 Å². The first-order valence-electron chi connectivity index (χ1n) is 8.02. The Morgan fingerprint density at radius 1 is 1.22 bits per heavy atom. The average Bonchev–Trinajstić information content (AvgIpc) is 2.49. The molecule has 1 rings (SSSR count). The van der Waals surface area contributed by atoms with Crippen LogP contribution in [0.25, 0.3) is 0 Å². The number of guanidine groups is 1. The molecule has 1 aromatic heterocycles. The summed E-state index contributed by atoms with van der Waals surface area (Å²) in [6, 6.07) is 6.47. The van der Waals surface area contributed by atoms with E-state index in [4.69, 9.17) is 0 Å². The summed E-state index contributed by atoms with van der Waals surface area (Å²) < 4.78 is 0. The van der Waals surface area contributed by atoms with Gasteiger partial charge in [-0.15, -0.1) is 24.0 Å². The second-order valence-electron chi connectivity index (χ2n) is 6.32. The molecule has 0 aliphatic carbocycles. The van der Waals surface area contributed by atoms with Crippen molar-refractivity contribution in [3.8, 4) is 0 Å². The second kappa shape index (κ2) is 11.5. The van der Waals surface area contributed by atoms with Crippen molar-refractivity contribution in [3.63, 3.8) is 0 Å². The van der Waals surface area contributed by atoms with Crippen LogP contribution in [0.2, 0.25) is 0 Å². The van der Waals surface area contributed by atoms with E-state index in [1.807, 2.05) is 37.2 Å². The number of halogens is 1. The molecular formula is C17H32IN5. The lowest BCUT2D eigenvalue weighted by atomic mass is 10.0. The molecule has 0 aliphatic heterocycles. The average molecular weight is 433 g/mol. The van der Waals surface area contributed by atoms with Gasteiger partial charge in [0.05, 0.1) is 12.2 Å². The zero-order valence-electron chi connectivity index (χ0n) is 15.3. The maximum Gasteiger partial charge on any atom is 0.191 e. The molecule has 0 aliphatic rings. The van der Waals surface area contributed by atoms with Crippen LogP contribution in [0, 0.1) is 5.92 Å². The van der Waals surface area contributed by atoms with Gasteiger partial charge in [0.15, 0.2) is 5.96 Å². The summed E-state index contributed by atoms with van der Waals surface area (Å²) in [5.41, 5.74) is 1.00. The number of hydrogen-bond acceptors (Lipinski definition) is 3. The summed E-state index contributed by atoms with van der Waals surface area (Å²) in [6.45, 7) is 7.37. The minimum Gasteiger partial charge on any atom is -0.363 e. The van der Waals surface area contributed by atoms with Crippen molar-refractivity contribution in [1.82, 2.24) is 15.6 Å². The number of aromatic nitrogens is 1. The Morgan fingerprint density at radius 3 is 2.48 bits per heavy atom. The lowest BCUT2D eigenvalue weighted by Crippen LogP contribution is -2.42. The van der Waals surface area contributed by atoms with Crippen LogP contribution in [0.3, 0.4) is 0 Å². The summed E-state index contributed by atoms with van der Waals surface area (Å²) in [5.74, 6) is 2.53. The van der Waals surface area contributed by atoms with Gasteiger partial charge >= 0.3 is 0 Å². The molecule has 2 N–H and O–H groups in total. The monoisotopic (exact) mass is 433 g/mol. The van der Waals surface area contributed by atoms with Crippen molar-refractivity contribution < 1.29 is 0 Å². The Kier molecular flexibility index (Phi) is 11.0. The highest BCUT2D eigenvalue weighted by atomic mass is 127. The van der Waals surface area contributed by atoms with Crippen LogP contribution in [-0.2, 0) is 6.54 Å².